The maximum Gasteiger partial charge on any atom is 0.231 e. The number of fused-ring (bicyclic) bond motifs is 1. The lowest BCUT2D eigenvalue weighted by Gasteiger charge is -2.31. The average molecular weight is 345 g/mol. The number of pyridine rings is 1. The number of nitrogens with zero attached hydrogens (tertiary/aromatic N) is 2. The van der Waals surface area contributed by atoms with Gasteiger partial charge in [-0.3, -0.25) is 19.5 Å². The summed E-state index contributed by atoms with van der Waals surface area (Å²) in [6.45, 7) is 5.98. The van der Waals surface area contributed by atoms with Gasteiger partial charge in [0.25, 0.3) is 0 Å². The molecule has 2 amide bonds. The summed E-state index contributed by atoms with van der Waals surface area (Å²) in [5.74, 6) is -0.366. The highest BCUT2D eigenvalue weighted by Crippen LogP contribution is 2.21. The van der Waals surface area contributed by atoms with Crippen molar-refractivity contribution in [3.8, 4) is 0 Å². The monoisotopic (exact) mass is 345 g/mol. The van der Waals surface area contributed by atoms with Gasteiger partial charge in [-0.05, 0) is 56.0 Å². The Morgan fingerprint density at radius 3 is 3.12 bits per heavy atom. The van der Waals surface area contributed by atoms with E-state index in [1.807, 2.05) is 18.0 Å². The summed E-state index contributed by atoms with van der Waals surface area (Å²) in [5, 5.41) is 6.45. The molecule has 0 spiro atoms. The molecular weight excluding hydrogens is 318 g/mol. The van der Waals surface area contributed by atoms with Crippen LogP contribution in [0.25, 0.3) is 0 Å². The Kier molecular flexibility index (Phi) is 5.65. The van der Waals surface area contributed by atoms with Crippen molar-refractivity contribution < 1.29 is 9.59 Å². The van der Waals surface area contributed by atoms with Crippen molar-refractivity contribution in [1.82, 2.24) is 20.5 Å². The van der Waals surface area contributed by atoms with E-state index in [0.717, 1.165) is 50.2 Å². The predicted molar refractivity (Wildman–Crippen MR) is 94.6 cm³/mol. The number of likely N-dealkylation sites (tertiary alicyclic amines) is 1. The first-order chi connectivity index (χ1) is 12.0. The fourth-order valence-corrected chi connectivity index (χ4v) is 3.83. The highest BCUT2D eigenvalue weighted by Gasteiger charge is 2.26. The largest absolute Gasteiger partial charge is 0.369 e. The highest BCUT2D eigenvalue weighted by molar-refractivity contribution is 5.79. The van der Waals surface area contributed by atoms with Crippen molar-refractivity contribution in [3.63, 3.8) is 0 Å². The van der Waals surface area contributed by atoms with Crippen molar-refractivity contribution >= 4 is 11.8 Å². The van der Waals surface area contributed by atoms with Crippen molar-refractivity contribution in [2.24, 2.45) is 11.7 Å². The molecule has 25 heavy (non-hydrogen) atoms. The number of nitrogens with one attached hydrogen (secondary N) is 2. The van der Waals surface area contributed by atoms with Gasteiger partial charge in [0.15, 0.2) is 0 Å². The molecule has 0 aliphatic carbocycles. The zero-order valence-corrected chi connectivity index (χ0v) is 14.8. The molecule has 4 N–H and O–H groups in total. The van der Waals surface area contributed by atoms with Crippen LogP contribution in [0.3, 0.4) is 0 Å². The molecule has 2 aliphatic heterocycles. The van der Waals surface area contributed by atoms with Crippen LogP contribution in [0.1, 0.15) is 35.2 Å². The Balaban J connectivity index is 1.62. The van der Waals surface area contributed by atoms with E-state index < -0.39 is 0 Å². The molecule has 7 nitrogen and oxygen atoms in total. The van der Waals surface area contributed by atoms with Crippen molar-refractivity contribution in [2.45, 2.75) is 39.3 Å². The summed E-state index contributed by atoms with van der Waals surface area (Å²) in [5.41, 5.74) is 9.96. The summed E-state index contributed by atoms with van der Waals surface area (Å²) in [4.78, 5) is 30.1. The number of hydrogen-bond acceptors (Lipinski definition) is 5. The zero-order chi connectivity index (χ0) is 17.8. The molecule has 0 bridgehead atoms. The third-order valence-corrected chi connectivity index (χ3v) is 5.17. The molecule has 0 aromatic carbocycles. The highest BCUT2D eigenvalue weighted by atomic mass is 16.2. The SMILES string of the molecule is Cc1ncc2c(c1CNC(=O)[C@@H]1CCCN(CC(N)=O)C1)CCNC2. The van der Waals surface area contributed by atoms with E-state index in [1.54, 1.807) is 0 Å². The molecule has 1 fully saturated rings. The van der Waals surface area contributed by atoms with Crippen LogP contribution in [0.4, 0.5) is 0 Å². The zero-order valence-electron chi connectivity index (χ0n) is 14.8. The summed E-state index contributed by atoms with van der Waals surface area (Å²) < 4.78 is 0. The molecule has 7 heteroatoms. The van der Waals surface area contributed by atoms with E-state index in [1.165, 1.54) is 11.1 Å². The second-order valence-electron chi connectivity index (χ2n) is 7.01. The topological polar surface area (TPSA) is 100 Å². The van der Waals surface area contributed by atoms with Crippen molar-refractivity contribution in [2.75, 3.05) is 26.2 Å². The van der Waals surface area contributed by atoms with Gasteiger partial charge in [-0.25, -0.2) is 0 Å². The second kappa shape index (κ2) is 7.93. The number of nitrogens with two attached hydrogens (primary N) is 1. The minimum absolute atomic E-state index is 0.0557. The van der Waals surface area contributed by atoms with Crippen LogP contribution in [0.2, 0.25) is 0 Å². The summed E-state index contributed by atoms with van der Waals surface area (Å²) >= 11 is 0. The average Bonchev–Trinajstić information content (AvgIpc) is 2.60. The maximum atomic E-state index is 12.6. The Hall–Kier alpha value is -1.99. The lowest BCUT2D eigenvalue weighted by molar-refractivity contribution is -0.128. The molecule has 0 radical (unpaired) electrons. The lowest BCUT2D eigenvalue weighted by Crippen LogP contribution is -2.45. The first kappa shape index (κ1) is 17.8. The number of hydrogen-bond donors (Lipinski definition) is 3. The quantitative estimate of drug-likeness (QED) is 0.689. The number of carbonyl (C=O) groups excluding carboxylic acids is 2. The molecule has 3 heterocycles. The summed E-state index contributed by atoms with van der Waals surface area (Å²) in [7, 11) is 0. The van der Waals surface area contributed by atoms with Crippen LogP contribution in [-0.2, 0) is 29.1 Å². The molecule has 2 aliphatic rings. The van der Waals surface area contributed by atoms with Gasteiger partial charge in [0.2, 0.25) is 11.8 Å². The van der Waals surface area contributed by atoms with Gasteiger partial charge in [-0.1, -0.05) is 0 Å². The van der Waals surface area contributed by atoms with E-state index in [-0.39, 0.29) is 24.3 Å². The smallest absolute Gasteiger partial charge is 0.231 e. The van der Waals surface area contributed by atoms with Gasteiger partial charge in [-0.15, -0.1) is 0 Å². The van der Waals surface area contributed by atoms with Crippen molar-refractivity contribution in [3.05, 3.63) is 28.6 Å². The third-order valence-electron chi connectivity index (χ3n) is 5.17. The van der Waals surface area contributed by atoms with Gasteiger partial charge < -0.3 is 16.4 Å². The van der Waals surface area contributed by atoms with Crippen LogP contribution in [0, 0.1) is 12.8 Å². The van der Waals surface area contributed by atoms with Crippen LogP contribution in [0.5, 0.6) is 0 Å². The molecule has 136 valence electrons. The minimum Gasteiger partial charge on any atom is -0.369 e. The number of aromatic nitrogens is 1. The van der Waals surface area contributed by atoms with Gasteiger partial charge >= 0.3 is 0 Å². The molecule has 1 saturated heterocycles. The number of piperidine rings is 1. The van der Waals surface area contributed by atoms with Crippen LogP contribution >= 0.6 is 0 Å². The number of amides is 2. The lowest BCUT2D eigenvalue weighted by atomic mass is 9.94. The first-order valence-electron chi connectivity index (χ1n) is 9.00. The van der Waals surface area contributed by atoms with Gasteiger partial charge in [0, 0.05) is 31.5 Å². The van der Waals surface area contributed by atoms with Gasteiger partial charge in [-0.2, -0.15) is 0 Å². The van der Waals surface area contributed by atoms with Crippen LogP contribution < -0.4 is 16.4 Å². The third kappa shape index (κ3) is 4.35. The molecule has 0 saturated carbocycles. The Morgan fingerprint density at radius 1 is 1.48 bits per heavy atom. The van der Waals surface area contributed by atoms with Gasteiger partial charge in [0.1, 0.15) is 0 Å². The summed E-state index contributed by atoms with van der Waals surface area (Å²) in [6, 6.07) is 0. The number of primary amides is 1. The van der Waals surface area contributed by atoms with E-state index in [0.29, 0.717) is 13.1 Å². The van der Waals surface area contributed by atoms with Crippen LogP contribution in [0.15, 0.2) is 6.20 Å². The Morgan fingerprint density at radius 2 is 2.32 bits per heavy atom. The van der Waals surface area contributed by atoms with E-state index in [2.05, 4.69) is 15.6 Å². The molecule has 1 aromatic rings. The van der Waals surface area contributed by atoms with Crippen molar-refractivity contribution in [1.29, 1.82) is 0 Å². The second-order valence-corrected chi connectivity index (χ2v) is 7.01. The Bertz CT molecular complexity index is 661. The van der Waals surface area contributed by atoms with E-state index in [4.69, 9.17) is 5.73 Å². The molecule has 1 atom stereocenters. The van der Waals surface area contributed by atoms with E-state index in [9.17, 15) is 9.59 Å². The number of aryl methyl sites for hydroxylation is 1. The number of rotatable bonds is 5. The number of carbonyl (C=O) groups is 2. The molecule has 1 aromatic heterocycles. The molecule has 0 unspecified atom stereocenters. The molecular formula is C18H27N5O2. The fraction of sp³-hybridized carbons (Fsp3) is 0.611. The van der Waals surface area contributed by atoms with Crippen LogP contribution in [-0.4, -0.2) is 47.9 Å². The Labute approximate surface area is 148 Å². The fourth-order valence-electron chi connectivity index (χ4n) is 3.83. The predicted octanol–water partition coefficient (Wildman–Crippen LogP) is -0.151. The first-order valence-corrected chi connectivity index (χ1v) is 9.00. The normalized spacial score (nSPS) is 20.8. The minimum atomic E-state index is -0.340. The summed E-state index contributed by atoms with van der Waals surface area (Å²) in [6.07, 6.45) is 4.68. The van der Waals surface area contributed by atoms with E-state index >= 15 is 0 Å². The van der Waals surface area contributed by atoms with Gasteiger partial charge in [0.05, 0.1) is 12.5 Å². The maximum absolute atomic E-state index is 12.6. The molecule has 3 rings (SSSR count). The standard InChI is InChI=1S/C18H27N5O2/c1-12-16(15-4-5-20-7-14(15)8-21-12)9-22-18(25)13-3-2-6-23(10-13)11-17(19)24/h8,13,20H,2-7,9-11H2,1H3,(H2,19,24)(H,22,25)/t13-/m1/s1.